The Hall–Kier alpha value is -1.23. The molecular weight excluding hydrogens is 263 g/mol. The van der Waals surface area contributed by atoms with Crippen LogP contribution in [0.15, 0.2) is 23.1 Å². The average Bonchev–Trinajstić information content (AvgIpc) is 2.36. The Balaban J connectivity index is 1.79. The van der Waals surface area contributed by atoms with Gasteiger partial charge >= 0.3 is 0 Å². The molecule has 0 bridgehead atoms. The summed E-state index contributed by atoms with van der Waals surface area (Å²) in [5.41, 5.74) is 5.95. The highest BCUT2D eigenvalue weighted by Gasteiger charge is 2.15. The molecule has 1 aliphatic carbocycles. The van der Waals surface area contributed by atoms with Gasteiger partial charge < -0.3 is 11.1 Å². The lowest BCUT2D eigenvalue weighted by Crippen LogP contribution is -2.37. The Labute approximate surface area is 117 Å². The third-order valence-corrected chi connectivity index (χ3v) is 4.21. The molecule has 0 radical (unpaired) electrons. The number of nitrogens with two attached hydrogens (primary N) is 1. The van der Waals surface area contributed by atoms with Crippen LogP contribution in [0.4, 0.5) is 10.1 Å². The summed E-state index contributed by atoms with van der Waals surface area (Å²) in [5, 5.41) is 3.03. The van der Waals surface area contributed by atoms with E-state index in [2.05, 4.69) is 5.32 Å². The van der Waals surface area contributed by atoms with Crippen molar-refractivity contribution in [2.45, 2.75) is 43.0 Å². The molecule has 1 aromatic carbocycles. The molecule has 2 rings (SSSR count). The summed E-state index contributed by atoms with van der Waals surface area (Å²) < 4.78 is 13.1. The highest BCUT2D eigenvalue weighted by atomic mass is 32.2. The topological polar surface area (TPSA) is 55.1 Å². The summed E-state index contributed by atoms with van der Waals surface area (Å²) in [6, 6.07) is 4.67. The van der Waals surface area contributed by atoms with Crippen molar-refractivity contribution in [2.75, 3.05) is 11.5 Å². The Morgan fingerprint density at radius 1 is 1.32 bits per heavy atom. The van der Waals surface area contributed by atoms with E-state index in [1.807, 2.05) is 0 Å². The highest BCUT2D eigenvalue weighted by Crippen LogP contribution is 2.22. The number of hydrogen-bond donors (Lipinski definition) is 2. The Morgan fingerprint density at radius 3 is 2.74 bits per heavy atom. The molecule has 3 N–H and O–H groups in total. The van der Waals surface area contributed by atoms with Crippen LogP contribution in [0.5, 0.6) is 0 Å². The number of hydrogen-bond acceptors (Lipinski definition) is 3. The van der Waals surface area contributed by atoms with Gasteiger partial charge in [0.25, 0.3) is 0 Å². The fourth-order valence-corrected chi connectivity index (χ4v) is 3.13. The minimum atomic E-state index is -0.366. The molecule has 104 valence electrons. The minimum absolute atomic E-state index is 0.0136. The molecule has 1 aromatic rings. The summed E-state index contributed by atoms with van der Waals surface area (Å²) in [6.07, 6.45) is 5.80. The number of anilines is 1. The van der Waals surface area contributed by atoms with Crippen molar-refractivity contribution in [3.63, 3.8) is 0 Å². The van der Waals surface area contributed by atoms with Crippen molar-refractivity contribution < 1.29 is 9.18 Å². The van der Waals surface area contributed by atoms with E-state index in [-0.39, 0.29) is 11.7 Å². The third kappa shape index (κ3) is 4.74. The number of amides is 1. The molecule has 3 nitrogen and oxygen atoms in total. The van der Waals surface area contributed by atoms with E-state index in [1.165, 1.54) is 43.2 Å². The second-order valence-corrected chi connectivity index (χ2v) is 5.96. The van der Waals surface area contributed by atoms with E-state index in [0.717, 1.165) is 12.8 Å². The van der Waals surface area contributed by atoms with Crippen molar-refractivity contribution in [1.82, 2.24) is 5.32 Å². The van der Waals surface area contributed by atoms with E-state index >= 15 is 0 Å². The standard InChI is InChI=1S/C14H19FN2OS/c15-10-6-11(16)8-13(7-10)19-9-14(18)17-12-4-2-1-3-5-12/h6-8,12H,1-5,9,16H2,(H,17,18). The molecule has 0 atom stereocenters. The van der Waals surface area contributed by atoms with Crippen molar-refractivity contribution in [1.29, 1.82) is 0 Å². The molecule has 0 unspecified atom stereocenters. The molecule has 0 aliphatic heterocycles. The van der Waals surface area contributed by atoms with Gasteiger partial charge in [-0.2, -0.15) is 0 Å². The number of benzene rings is 1. The fraction of sp³-hybridized carbons (Fsp3) is 0.500. The SMILES string of the molecule is Nc1cc(F)cc(SCC(=O)NC2CCCCC2)c1. The largest absolute Gasteiger partial charge is 0.399 e. The van der Waals surface area contributed by atoms with Crippen molar-refractivity contribution in [3.05, 3.63) is 24.0 Å². The monoisotopic (exact) mass is 282 g/mol. The summed E-state index contributed by atoms with van der Waals surface area (Å²) in [5.74, 6) is -0.0470. The Bertz CT molecular complexity index is 427. The number of nitrogen functional groups attached to an aromatic ring is 1. The first-order valence-electron chi connectivity index (χ1n) is 6.62. The molecule has 1 saturated carbocycles. The van der Waals surface area contributed by atoms with E-state index in [0.29, 0.717) is 22.4 Å². The van der Waals surface area contributed by atoms with E-state index < -0.39 is 0 Å². The molecule has 0 spiro atoms. The second-order valence-electron chi connectivity index (χ2n) is 4.91. The quantitative estimate of drug-likeness (QED) is 0.659. The lowest BCUT2D eigenvalue weighted by molar-refractivity contribution is -0.119. The van der Waals surface area contributed by atoms with Gasteiger partial charge in [0.05, 0.1) is 5.75 Å². The van der Waals surface area contributed by atoms with Crippen LogP contribution in [0.3, 0.4) is 0 Å². The lowest BCUT2D eigenvalue weighted by atomic mass is 9.95. The zero-order valence-electron chi connectivity index (χ0n) is 10.8. The van der Waals surface area contributed by atoms with Crippen molar-refractivity contribution in [3.8, 4) is 0 Å². The lowest BCUT2D eigenvalue weighted by Gasteiger charge is -2.22. The zero-order chi connectivity index (χ0) is 13.7. The molecule has 1 fully saturated rings. The first kappa shape index (κ1) is 14.2. The van der Waals surface area contributed by atoms with Crippen molar-refractivity contribution in [2.24, 2.45) is 0 Å². The Kier molecular flexibility index (Phi) is 5.07. The summed E-state index contributed by atoms with van der Waals surface area (Å²) in [4.78, 5) is 12.5. The number of rotatable bonds is 4. The predicted octanol–water partition coefficient (Wildman–Crippen LogP) is 2.95. The predicted molar refractivity (Wildman–Crippen MR) is 76.6 cm³/mol. The van der Waals surface area contributed by atoms with Crippen LogP contribution in [-0.2, 0) is 4.79 Å². The summed E-state index contributed by atoms with van der Waals surface area (Å²) in [6.45, 7) is 0. The van der Waals surface area contributed by atoms with Gasteiger partial charge in [0.1, 0.15) is 5.82 Å². The van der Waals surface area contributed by atoms with Gasteiger partial charge in [0.15, 0.2) is 0 Å². The van der Waals surface area contributed by atoms with Crippen molar-refractivity contribution >= 4 is 23.4 Å². The number of thioether (sulfide) groups is 1. The van der Waals surface area contributed by atoms with Gasteiger partial charge in [-0.3, -0.25) is 4.79 Å². The Morgan fingerprint density at radius 2 is 2.05 bits per heavy atom. The van der Waals surface area contributed by atoms with Crippen LogP contribution < -0.4 is 11.1 Å². The van der Waals surface area contributed by atoms with Crippen LogP contribution in [0, 0.1) is 5.82 Å². The molecule has 19 heavy (non-hydrogen) atoms. The highest BCUT2D eigenvalue weighted by molar-refractivity contribution is 8.00. The van der Waals surface area contributed by atoms with Gasteiger partial charge in [-0.25, -0.2) is 4.39 Å². The van der Waals surface area contributed by atoms with Crippen LogP contribution in [0.2, 0.25) is 0 Å². The molecule has 0 aromatic heterocycles. The van der Waals surface area contributed by atoms with Crippen LogP contribution in [-0.4, -0.2) is 17.7 Å². The van der Waals surface area contributed by atoms with Crippen LogP contribution >= 0.6 is 11.8 Å². The number of carbonyl (C=O) groups is 1. The first-order valence-corrected chi connectivity index (χ1v) is 7.60. The minimum Gasteiger partial charge on any atom is -0.399 e. The third-order valence-electron chi connectivity index (χ3n) is 3.23. The van der Waals surface area contributed by atoms with Crippen LogP contribution in [0.1, 0.15) is 32.1 Å². The van der Waals surface area contributed by atoms with Gasteiger partial charge in [-0.05, 0) is 31.0 Å². The molecule has 1 aliphatic rings. The van der Waals surface area contributed by atoms with Gasteiger partial charge in [-0.15, -0.1) is 11.8 Å². The normalized spacial score (nSPS) is 16.3. The summed E-state index contributed by atoms with van der Waals surface area (Å²) in [7, 11) is 0. The average molecular weight is 282 g/mol. The number of halogens is 1. The number of nitrogens with one attached hydrogen (secondary N) is 1. The zero-order valence-corrected chi connectivity index (χ0v) is 11.6. The maximum Gasteiger partial charge on any atom is 0.230 e. The molecular formula is C14H19FN2OS. The maximum atomic E-state index is 13.1. The molecule has 5 heteroatoms. The molecule has 1 amide bonds. The fourth-order valence-electron chi connectivity index (χ4n) is 2.33. The maximum absolute atomic E-state index is 13.1. The van der Waals surface area contributed by atoms with Gasteiger partial charge in [0, 0.05) is 16.6 Å². The molecule has 0 heterocycles. The van der Waals surface area contributed by atoms with E-state index in [9.17, 15) is 9.18 Å². The summed E-state index contributed by atoms with van der Waals surface area (Å²) >= 11 is 1.31. The smallest absolute Gasteiger partial charge is 0.230 e. The number of carbonyl (C=O) groups excluding carboxylic acids is 1. The van der Waals surface area contributed by atoms with E-state index in [1.54, 1.807) is 6.07 Å². The first-order chi connectivity index (χ1) is 9.13. The molecule has 0 saturated heterocycles. The second kappa shape index (κ2) is 6.80. The van der Waals surface area contributed by atoms with E-state index in [4.69, 9.17) is 5.73 Å². The van der Waals surface area contributed by atoms with Gasteiger partial charge in [-0.1, -0.05) is 19.3 Å². The van der Waals surface area contributed by atoms with Gasteiger partial charge in [0.2, 0.25) is 5.91 Å². The van der Waals surface area contributed by atoms with Crippen LogP contribution in [0.25, 0.3) is 0 Å².